The summed E-state index contributed by atoms with van der Waals surface area (Å²) < 4.78 is 5.16. The van der Waals surface area contributed by atoms with E-state index in [0.717, 1.165) is 0 Å². The molecule has 0 aliphatic carbocycles. The molecule has 1 rings (SSSR count). The first kappa shape index (κ1) is 11.5. The van der Waals surface area contributed by atoms with Crippen molar-refractivity contribution in [2.45, 2.75) is 19.4 Å². The highest BCUT2D eigenvalue weighted by Gasteiger charge is 2.33. The van der Waals surface area contributed by atoms with Gasteiger partial charge in [-0.2, -0.15) is 0 Å². The fourth-order valence-electron chi connectivity index (χ4n) is 1.21. The van der Waals surface area contributed by atoms with Gasteiger partial charge in [0.2, 0.25) is 0 Å². The van der Waals surface area contributed by atoms with Crippen LogP contribution in [0.25, 0.3) is 0 Å². The molecule has 0 saturated carbocycles. The number of carbonyl (C=O) groups is 1. The summed E-state index contributed by atoms with van der Waals surface area (Å²) in [6.07, 6.45) is -0.863. The summed E-state index contributed by atoms with van der Waals surface area (Å²) in [5.74, 6) is 0. The highest BCUT2D eigenvalue weighted by molar-refractivity contribution is 5.85. The third-order valence-electron chi connectivity index (χ3n) is 1.88. The van der Waals surface area contributed by atoms with Crippen molar-refractivity contribution in [2.75, 3.05) is 19.8 Å². The summed E-state index contributed by atoms with van der Waals surface area (Å²) >= 11 is 0. The predicted molar refractivity (Wildman–Crippen MR) is 46.9 cm³/mol. The molecule has 1 N–H and O–H groups in total. The first-order valence-electron chi connectivity index (χ1n) is 3.62. The first-order valence-corrected chi connectivity index (χ1v) is 3.62. The Hall–Kier alpha value is -0.480. The first-order chi connectivity index (χ1) is 5.04. The average molecular weight is 196 g/mol. The molecule has 0 radical (unpaired) electrons. The molecule has 5 heteroatoms. The number of hydrogen-bond donors (Lipinski definition) is 1. The van der Waals surface area contributed by atoms with Gasteiger partial charge in [-0.3, -0.25) is 4.90 Å². The van der Waals surface area contributed by atoms with Crippen LogP contribution in [0.1, 0.15) is 13.8 Å². The average Bonchev–Trinajstić information content (AvgIpc) is 1.85. The van der Waals surface area contributed by atoms with E-state index in [9.17, 15) is 4.79 Å². The lowest BCUT2D eigenvalue weighted by Gasteiger charge is -2.39. The van der Waals surface area contributed by atoms with Crippen molar-refractivity contribution in [1.82, 2.24) is 4.90 Å². The van der Waals surface area contributed by atoms with Gasteiger partial charge in [-0.15, -0.1) is 12.4 Å². The van der Waals surface area contributed by atoms with Gasteiger partial charge in [0, 0.05) is 6.54 Å². The van der Waals surface area contributed by atoms with E-state index in [0.29, 0.717) is 19.8 Å². The van der Waals surface area contributed by atoms with Crippen LogP contribution >= 0.6 is 12.4 Å². The van der Waals surface area contributed by atoms with E-state index < -0.39 is 6.09 Å². The molecule has 1 aliphatic heterocycles. The fourth-order valence-corrected chi connectivity index (χ4v) is 1.21. The number of rotatable bonds is 0. The number of hydrogen-bond acceptors (Lipinski definition) is 2. The van der Waals surface area contributed by atoms with Gasteiger partial charge in [0.05, 0.1) is 18.8 Å². The quantitative estimate of drug-likeness (QED) is 0.632. The zero-order valence-electron chi connectivity index (χ0n) is 7.24. The van der Waals surface area contributed by atoms with E-state index >= 15 is 0 Å². The maximum absolute atomic E-state index is 10.6. The third-order valence-corrected chi connectivity index (χ3v) is 1.88. The number of amides is 1. The second kappa shape index (κ2) is 3.96. The topological polar surface area (TPSA) is 49.8 Å². The molecule has 0 atom stereocenters. The van der Waals surface area contributed by atoms with Crippen LogP contribution in [0.5, 0.6) is 0 Å². The van der Waals surface area contributed by atoms with Crippen molar-refractivity contribution in [2.24, 2.45) is 0 Å². The molecule has 1 aliphatic rings. The Bertz CT molecular complexity index is 172. The Morgan fingerprint density at radius 1 is 1.58 bits per heavy atom. The summed E-state index contributed by atoms with van der Waals surface area (Å²) in [4.78, 5) is 12.1. The van der Waals surface area contributed by atoms with Gasteiger partial charge in [0.1, 0.15) is 0 Å². The Morgan fingerprint density at radius 2 is 2.17 bits per heavy atom. The molecule has 12 heavy (non-hydrogen) atoms. The van der Waals surface area contributed by atoms with Gasteiger partial charge in [0.15, 0.2) is 0 Å². The zero-order chi connectivity index (χ0) is 8.48. The number of carboxylic acid groups (broad SMARTS) is 1. The van der Waals surface area contributed by atoms with Crippen LogP contribution in [-0.4, -0.2) is 41.4 Å². The molecular formula is C7H14ClNO3. The second-order valence-electron chi connectivity index (χ2n) is 3.30. The molecular weight excluding hydrogens is 182 g/mol. The van der Waals surface area contributed by atoms with Gasteiger partial charge in [-0.1, -0.05) is 0 Å². The highest BCUT2D eigenvalue weighted by atomic mass is 35.5. The number of morpholine rings is 1. The van der Waals surface area contributed by atoms with Crippen LogP contribution < -0.4 is 0 Å². The van der Waals surface area contributed by atoms with Gasteiger partial charge >= 0.3 is 6.09 Å². The number of nitrogens with zero attached hydrogens (tertiary/aromatic N) is 1. The smallest absolute Gasteiger partial charge is 0.407 e. The predicted octanol–water partition coefficient (Wildman–Crippen LogP) is 1.20. The minimum atomic E-state index is -0.863. The molecule has 1 saturated heterocycles. The molecule has 0 unspecified atom stereocenters. The van der Waals surface area contributed by atoms with Crippen molar-refractivity contribution < 1.29 is 14.6 Å². The van der Waals surface area contributed by atoms with Crippen LogP contribution in [0, 0.1) is 0 Å². The minimum Gasteiger partial charge on any atom is -0.465 e. The lowest BCUT2D eigenvalue weighted by atomic mass is 10.0. The summed E-state index contributed by atoms with van der Waals surface area (Å²) in [7, 11) is 0. The van der Waals surface area contributed by atoms with Crippen molar-refractivity contribution in [3.8, 4) is 0 Å². The summed E-state index contributed by atoms with van der Waals surface area (Å²) in [5.41, 5.74) is -0.371. The molecule has 0 aromatic carbocycles. The molecule has 0 aromatic rings. The molecule has 72 valence electrons. The molecule has 1 amide bonds. The van der Waals surface area contributed by atoms with Crippen molar-refractivity contribution in [3.63, 3.8) is 0 Å². The molecule has 1 fully saturated rings. The molecule has 4 nitrogen and oxygen atoms in total. The van der Waals surface area contributed by atoms with Crippen LogP contribution in [0.3, 0.4) is 0 Å². The maximum atomic E-state index is 10.6. The lowest BCUT2D eigenvalue weighted by Crippen LogP contribution is -2.55. The van der Waals surface area contributed by atoms with Crippen LogP contribution in [0.2, 0.25) is 0 Å². The Labute approximate surface area is 77.9 Å². The number of ether oxygens (including phenoxy) is 1. The minimum absolute atomic E-state index is 0. The number of halogens is 1. The van der Waals surface area contributed by atoms with E-state index in [-0.39, 0.29) is 17.9 Å². The van der Waals surface area contributed by atoms with Crippen LogP contribution in [0.4, 0.5) is 4.79 Å². The summed E-state index contributed by atoms with van der Waals surface area (Å²) in [6.45, 7) is 5.19. The third kappa shape index (κ3) is 2.25. The largest absolute Gasteiger partial charge is 0.465 e. The summed E-state index contributed by atoms with van der Waals surface area (Å²) in [6, 6.07) is 0. The zero-order valence-corrected chi connectivity index (χ0v) is 8.06. The Kier molecular flexibility index (Phi) is 3.80. The van der Waals surface area contributed by atoms with E-state index in [1.807, 2.05) is 13.8 Å². The van der Waals surface area contributed by atoms with E-state index in [4.69, 9.17) is 9.84 Å². The van der Waals surface area contributed by atoms with Crippen LogP contribution in [-0.2, 0) is 4.74 Å². The monoisotopic (exact) mass is 195 g/mol. The normalized spacial score (nSPS) is 21.3. The maximum Gasteiger partial charge on any atom is 0.407 e. The molecule has 0 bridgehead atoms. The molecule has 0 spiro atoms. The van der Waals surface area contributed by atoms with E-state index in [2.05, 4.69) is 0 Å². The molecule has 0 aromatic heterocycles. The standard InChI is InChI=1S/C7H13NO3.ClH/c1-7(2)5-11-4-3-8(7)6(9)10;/h3-5H2,1-2H3,(H,9,10);1H. The SMILES string of the molecule is CC1(C)COCCN1C(=O)O.Cl. The van der Waals surface area contributed by atoms with Gasteiger partial charge in [0.25, 0.3) is 0 Å². The Morgan fingerprint density at radius 3 is 2.50 bits per heavy atom. The van der Waals surface area contributed by atoms with Crippen molar-refractivity contribution in [1.29, 1.82) is 0 Å². The molecule has 1 heterocycles. The summed E-state index contributed by atoms with van der Waals surface area (Å²) in [5, 5.41) is 8.74. The van der Waals surface area contributed by atoms with Gasteiger partial charge < -0.3 is 9.84 Å². The van der Waals surface area contributed by atoms with Crippen molar-refractivity contribution in [3.05, 3.63) is 0 Å². The highest BCUT2D eigenvalue weighted by Crippen LogP contribution is 2.18. The van der Waals surface area contributed by atoms with Crippen molar-refractivity contribution >= 4 is 18.5 Å². The van der Waals surface area contributed by atoms with E-state index in [1.165, 1.54) is 4.90 Å². The Balaban J connectivity index is 0.00000121. The second-order valence-corrected chi connectivity index (χ2v) is 3.30. The van der Waals surface area contributed by atoms with E-state index in [1.54, 1.807) is 0 Å². The van der Waals surface area contributed by atoms with Crippen LogP contribution in [0.15, 0.2) is 0 Å². The van der Waals surface area contributed by atoms with Gasteiger partial charge in [-0.05, 0) is 13.8 Å². The van der Waals surface area contributed by atoms with Gasteiger partial charge in [-0.25, -0.2) is 4.79 Å². The lowest BCUT2D eigenvalue weighted by molar-refractivity contribution is -0.0387. The fraction of sp³-hybridized carbons (Fsp3) is 0.857.